The average Bonchev–Trinajstić information content (AvgIpc) is 3.08. The molecule has 0 fully saturated rings. The molecule has 0 amide bonds. The van der Waals surface area contributed by atoms with Gasteiger partial charge in [0, 0.05) is 69.0 Å². The lowest BCUT2D eigenvalue weighted by molar-refractivity contribution is 1.25. The molecule has 0 atom stereocenters. The van der Waals surface area contributed by atoms with Crippen molar-refractivity contribution < 1.29 is 0 Å². The van der Waals surface area contributed by atoms with Gasteiger partial charge in [-0.3, -0.25) is 29.9 Å². The van der Waals surface area contributed by atoms with E-state index in [1.54, 1.807) is 0 Å². The predicted molar refractivity (Wildman–Crippen MR) is 185 cm³/mol. The Balaban J connectivity index is 0.000000108. The highest BCUT2D eigenvalue weighted by atomic mass is 14.8. The molecule has 0 aliphatic rings. The monoisotopic (exact) mass is 582 g/mol. The molecule has 6 heteroatoms. The van der Waals surface area contributed by atoms with Crippen molar-refractivity contribution >= 4 is 65.4 Å². The maximum Gasteiger partial charge on any atom is 0.0967 e. The van der Waals surface area contributed by atoms with Gasteiger partial charge in [0.1, 0.15) is 0 Å². The summed E-state index contributed by atoms with van der Waals surface area (Å²) in [5.41, 5.74) is 9.37. The van der Waals surface area contributed by atoms with E-state index in [0.717, 1.165) is 65.7 Å². The Bertz CT molecular complexity index is 2450. The van der Waals surface area contributed by atoms with Crippen LogP contribution in [0.2, 0.25) is 0 Å². The largest absolute Gasteiger partial charge is 0.254 e. The van der Waals surface area contributed by atoms with Gasteiger partial charge in [0.25, 0.3) is 0 Å². The van der Waals surface area contributed by atoms with Gasteiger partial charge in [-0.1, -0.05) is 60.7 Å². The van der Waals surface area contributed by atoms with E-state index >= 15 is 0 Å². The van der Waals surface area contributed by atoms with Crippen molar-refractivity contribution in [1.82, 2.24) is 29.9 Å². The number of aromatic nitrogens is 6. The number of hydrogen-bond acceptors (Lipinski definition) is 6. The summed E-state index contributed by atoms with van der Waals surface area (Å²) in [6.07, 6.45) is 9.16. The first kappa shape index (κ1) is 27.9. The van der Waals surface area contributed by atoms with Crippen molar-refractivity contribution in [3.8, 4) is 0 Å². The SMILES string of the molecule is Cc1ccc2ccc3cccnc3c2n1.Cc1ccnc2c1ccc1cccnc12.Cc1cnc2c(ccc3cccnc32)c1. The molecule has 3 aromatic carbocycles. The van der Waals surface area contributed by atoms with Gasteiger partial charge in [0.15, 0.2) is 0 Å². The van der Waals surface area contributed by atoms with Crippen molar-refractivity contribution in [1.29, 1.82) is 0 Å². The van der Waals surface area contributed by atoms with Gasteiger partial charge >= 0.3 is 0 Å². The van der Waals surface area contributed by atoms with E-state index in [2.05, 4.69) is 110 Å². The number of benzene rings is 3. The van der Waals surface area contributed by atoms with Gasteiger partial charge in [-0.15, -0.1) is 0 Å². The predicted octanol–water partition coefficient (Wildman–Crippen LogP) is 9.27. The molecule has 9 aromatic rings. The van der Waals surface area contributed by atoms with Crippen LogP contribution in [0.3, 0.4) is 0 Å². The molecule has 0 bridgehead atoms. The van der Waals surface area contributed by atoms with E-state index in [4.69, 9.17) is 0 Å². The van der Waals surface area contributed by atoms with Gasteiger partial charge in [-0.05, 0) is 68.3 Å². The molecule has 0 N–H and O–H groups in total. The Hall–Kier alpha value is -5.88. The first-order valence-electron chi connectivity index (χ1n) is 14.9. The van der Waals surface area contributed by atoms with E-state index in [9.17, 15) is 0 Å². The summed E-state index contributed by atoms with van der Waals surface area (Å²) in [5, 5.41) is 6.91. The molecule has 45 heavy (non-hydrogen) atoms. The summed E-state index contributed by atoms with van der Waals surface area (Å²) in [5.74, 6) is 0. The molecular formula is C39H30N6. The van der Waals surface area contributed by atoms with Crippen LogP contribution in [-0.4, -0.2) is 29.9 Å². The highest BCUT2D eigenvalue weighted by molar-refractivity contribution is 6.04. The minimum Gasteiger partial charge on any atom is -0.254 e. The molecule has 0 saturated heterocycles. The molecule has 9 rings (SSSR count). The second kappa shape index (κ2) is 12.0. The molecule has 0 unspecified atom stereocenters. The molecular weight excluding hydrogens is 552 g/mol. The second-order valence-corrected chi connectivity index (χ2v) is 11.1. The Morgan fingerprint density at radius 1 is 0.400 bits per heavy atom. The van der Waals surface area contributed by atoms with Crippen LogP contribution in [0.5, 0.6) is 0 Å². The van der Waals surface area contributed by atoms with Crippen molar-refractivity contribution in [2.45, 2.75) is 20.8 Å². The number of hydrogen-bond donors (Lipinski definition) is 0. The Morgan fingerprint density at radius 3 is 1.56 bits per heavy atom. The normalized spacial score (nSPS) is 11.0. The van der Waals surface area contributed by atoms with Crippen molar-refractivity contribution in [3.63, 3.8) is 0 Å². The summed E-state index contributed by atoms with van der Waals surface area (Å²) in [7, 11) is 0. The zero-order valence-electron chi connectivity index (χ0n) is 25.3. The highest BCUT2D eigenvalue weighted by Crippen LogP contribution is 2.24. The summed E-state index contributed by atoms with van der Waals surface area (Å²) in [6, 6.07) is 32.9. The fourth-order valence-corrected chi connectivity index (χ4v) is 5.56. The molecule has 0 saturated carbocycles. The summed E-state index contributed by atoms with van der Waals surface area (Å²) in [6.45, 7) is 6.15. The Kier molecular flexibility index (Phi) is 7.46. The summed E-state index contributed by atoms with van der Waals surface area (Å²) < 4.78 is 0. The fraction of sp³-hybridized carbons (Fsp3) is 0.0769. The van der Waals surface area contributed by atoms with E-state index in [1.165, 1.54) is 16.5 Å². The van der Waals surface area contributed by atoms with Crippen LogP contribution < -0.4 is 0 Å². The molecule has 6 heterocycles. The fourth-order valence-electron chi connectivity index (χ4n) is 5.56. The molecule has 0 radical (unpaired) electrons. The molecule has 0 aliphatic carbocycles. The lowest BCUT2D eigenvalue weighted by atomic mass is 10.1. The maximum atomic E-state index is 4.54. The van der Waals surface area contributed by atoms with Crippen LogP contribution in [0, 0.1) is 20.8 Å². The molecule has 216 valence electrons. The third-order valence-electron chi connectivity index (χ3n) is 7.83. The maximum absolute atomic E-state index is 4.54. The van der Waals surface area contributed by atoms with Crippen LogP contribution >= 0.6 is 0 Å². The third kappa shape index (κ3) is 5.61. The first-order valence-corrected chi connectivity index (χ1v) is 14.9. The van der Waals surface area contributed by atoms with E-state index < -0.39 is 0 Å². The van der Waals surface area contributed by atoms with Gasteiger partial charge in [-0.25, -0.2) is 0 Å². The molecule has 0 aliphatic heterocycles. The standard InChI is InChI=1S/3C13H10N2/c1-9-4-5-11-7-6-10-3-2-8-14-12(10)13(11)15-9;1-9-6-8-15-13-11(9)5-4-10-3-2-7-14-12(10)13;1-9-7-11-5-4-10-3-2-6-14-12(10)13(11)15-8-9/h3*2-8H,1H3. The molecule has 6 aromatic heterocycles. The topological polar surface area (TPSA) is 77.3 Å². The lowest BCUT2D eigenvalue weighted by Crippen LogP contribution is -1.86. The van der Waals surface area contributed by atoms with Gasteiger partial charge < -0.3 is 0 Å². The first-order chi connectivity index (χ1) is 22.0. The minimum absolute atomic E-state index is 0.981. The third-order valence-corrected chi connectivity index (χ3v) is 7.83. The summed E-state index contributed by atoms with van der Waals surface area (Å²) >= 11 is 0. The van der Waals surface area contributed by atoms with Gasteiger partial charge in [0.05, 0.1) is 33.1 Å². The highest BCUT2D eigenvalue weighted by Gasteiger charge is 2.04. The number of aryl methyl sites for hydroxylation is 3. The van der Waals surface area contributed by atoms with Crippen LogP contribution in [0.15, 0.2) is 128 Å². The second-order valence-electron chi connectivity index (χ2n) is 11.1. The zero-order valence-corrected chi connectivity index (χ0v) is 25.3. The number of pyridine rings is 6. The van der Waals surface area contributed by atoms with Crippen LogP contribution in [0.4, 0.5) is 0 Å². The smallest absolute Gasteiger partial charge is 0.0967 e. The lowest BCUT2D eigenvalue weighted by Gasteiger charge is -2.03. The number of fused-ring (bicyclic) bond motifs is 9. The Labute approximate surface area is 260 Å². The van der Waals surface area contributed by atoms with Crippen molar-refractivity contribution in [3.05, 3.63) is 145 Å². The quantitative estimate of drug-likeness (QED) is 0.166. The average molecular weight is 583 g/mol. The molecule has 6 nitrogen and oxygen atoms in total. The van der Waals surface area contributed by atoms with Gasteiger partial charge in [0.2, 0.25) is 0 Å². The van der Waals surface area contributed by atoms with Crippen LogP contribution in [0.1, 0.15) is 16.8 Å². The van der Waals surface area contributed by atoms with Crippen LogP contribution in [-0.2, 0) is 0 Å². The number of nitrogens with zero attached hydrogens (tertiary/aromatic N) is 6. The van der Waals surface area contributed by atoms with Crippen LogP contribution in [0.25, 0.3) is 65.4 Å². The van der Waals surface area contributed by atoms with E-state index in [-0.39, 0.29) is 0 Å². The number of rotatable bonds is 0. The van der Waals surface area contributed by atoms with Crippen molar-refractivity contribution in [2.24, 2.45) is 0 Å². The van der Waals surface area contributed by atoms with E-state index in [0.29, 0.717) is 0 Å². The van der Waals surface area contributed by atoms with Gasteiger partial charge in [-0.2, -0.15) is 0 Å². The summed E-state index contributed by atoms with van der Waals surface area (Å²) in [4.78, 5) is 26.5. The Morgan fingerprint density at radius 2 is 0.889 bits per heavy atom. The molecule has 0 spiro atoms. The van der Waals surface area contributed by atoms with E-state index in [1.807, 2.05) is 68.2 Å². The zero-order chi connectivity index (χ0) is 30.8. The minimum atomic E-state index is 0.981. The van der Waals surface area contributed by atoms with Crippen molar-refractivity contribution in [2.75, 3.05) is 0 Å².